The summed E-state index contributed by atoms with van der Waals surface area (Å²) >= 11 is 5.59. The van der Waals surface area contributed by atoms with Gasteiger partial charge in [0.1, 0.15) is 5.15 Å². The van der Waals surface area contributed by atoms with Crippen LogP contribution >= 0.6 is 11.6 Å². The molecule has 1 aromatic carbocycles. The van der Waals surface area contributed by atoms with Crippen LogP contribution in [0.15, 0.2) is 39.9 Å². The molecule has 0 fully saturated rings. The van der Waals surface area contributed by atoms with Gasteiger partial charge in [-0.05, 0) is 24.1 Å². The lowest BCUT2D eigenvalue weighted by Crippen LogP contribution is -2.32. The molecule has 0 aliphatic heterocycles. The molecule has 1 N–H and O–H groups in total. The molecule has 4 nitrogen and oxygen atoms in total. The van der Waals surface area contributed by atoms with Gasteiger partial charge in [0, 0.05) is 6.07 Å². The number of nitrogens with zero attached hydrogens (tertiary/aromatic N) is 1. The van der Waals surface area contributed by atoms with Crippen LogP contribution in [0.1, 0.15) is 12.5 Å². The Labute approximate surface area is 102 Å². The molecule has 1 heterocycles. The van der Waals surface area contributed by atoms with Gasteiger partial charge in [-0.25, -0.2) is 9.36 Å². The van der Waals surface area contributed by atoms with Crippen LogP contribution in [0.3, 0.4) is 0 Å². The minimum Gasteiger partial charge on any atom is -0.297 e. The van der Waals surface area contributed by atoms with Crippen molar-refractivity contribution in [3.63, 3.8) is 0 Å². The molecule has 0 saturated carbocycles. The highest BCUT2D eigenvalue weighted by Gasteiger charge is 2.05. The van der Waals surface area contributed by atoms with E-state index in [4.69, 9.17) is 11.6 Å². The molecule has 17 heavy (non-hydrogen) atoms. The van der Waals surface area contributed by atoms with Gasteiger partial charge in [-0.1, -0.05) is 30.7 Å². The third-order valence-electron chi connectivity index (χ3n) is 2.50. The van der Waals surface area contributed by atoms with Gasteiger partial charge in [0.2, 0.25) is 0 Å². The van der Waals surface area contributed by atoms with Crippen molar-refractivity contribution in [1.29, 1.82) is 0 Å². The quantitative estimate of drug-likeness (QED) is 0.826. The summed E-state index contributed by atoms with van der Waals surface area (Å²) in [5, 5.41) is 0.0430. The van der Waals surface area contributed by atoms with Gasteiger partial charge < -0.3 is 0 Å². The summed E-state index contributed by atoms with van der Waals surface area (Å²) in [4.78, 5) is 25.7. The Hall–Kier alpha value is -1.81. The number of benzene rings is 1. The first-order chi connectivity index (χ1) is 8.11. The van der Waals surface area contributed by atoms with Crippen LogP contribution in [0.5, 0.6) is 0 Å². The van der Waals surface area contributed by atoms with Crippen molar-refractivity contribution in [3.05, 3.63) is 61.9 Å². The number of nitrogens with one attached hydrogen (secondary N) is 1. The van der Waals surface area contributed by atoms with Gasteiger partial charge >= 0.3 is 5.69 Å². The first kappa shape index (κ1) is 11.7. The fourth-order valence-electron chi connectivity index (χ4n) is 1.59. The van der Waals surface area contributed by atoms with Crippen molar-refractivity contribution < 1.29 is 0 Å². The summed E-state index contributed by atoms with van der Waals surface area (Å²) in [7, 11) is 0. The van der Waals surface area contributed by atoms with Crippen molar-refractivity contribution in [3.8, 4) is 5.69 Å². The predicted molar refractivity (Wildman–Crippen MR) is 67.0 cm³/mol. The standard InChI is InChI=1S/C12H11ClN2O2/c1-2-8-3-5-9(6-4-8)15-11(16)7-10(13)14-12(15)17/h3-7H,2H2,1H3,(H,14,17). The number of aryl methyl sites for hydroxylation is 1. The van der Waals surface area contributed by atoms with Crippen molar-refractivity contribution in [2.75, 3.05) is 0 Å². The zero-order valence-electron chi connectivity index (χ0n) is 9.24. The third-order valence-corrected chi connectivity index (χ3v) is 2.71. The molecule has 0 saturated heterocycles. The Bertz CT molecular complexity index is 610. The Morgan fingerprint density at radius 1 is 1.24 bits per heavy atom. The van der Waals surface area contributed by atoms with E-state index in [-0.39, 0.29) is 5.15 Å². The number of halogens is 1. The molecular formula is C12H11ClN2O2. The fraction of sp³-hybridized carbons (Fsp3) is 0.167. The number of hydrogen-bond acceptors (Lipinski definition) is 2. The average molecular weight is 251 g/mol. The lowest BCUT2D eigenvalue weighted by Gasteiger charge is -2.05. The van der Waals surface area contributed by atoms with Crippen LogP contribution in [-0.4, -0.2) is 9.55 Å². The molecule has 1 aromatic heterocycles. The lowest BCUT2D eigenvalue weighted by molar-refractivity contribution is 0.875. The summed E-state index contributed by atoms with van der Waals surface area (Å²) in [6.45, 7) is 2.04. The second-order valence-electron chi connectivity index (χ2n) is 3.62. The molecule has 0 radical (unpaired) electrons. The first-order valence-corrected chi connectivity index (χ1v) is 5.61. The molecule has 0 unspecified atom stereocenters. The largest absolute Gasteiger partial charge is 0.334 e. The van der Waals surface area contributed by atoms with Crippen LogP contribution in [0.2, 0.25) is 5.15 Å². The molecule has 0 atom stereocenters. The SMILES string of the molecule is CCc1ccc(-n2c(=O)cc(Cl)[nH]c2=O)cc1. The molecule has 0 aliphatic carbocycles. The number of rotatable bonds is 2. The summed E-state index contributed by atoms with van der Waals surface area (Å²) in [6.07, 6.45) is 0.909. The minimum absolute atomic E-state index is 0.0430. The molecular weight excluding hydrogens is 240 g/mol. The van der Waals surface area contributed by atoms with Crippen molar-refractivity contribution >= 4 is 11.6 Å². The second-order valence-corrected chi connectivity index (χ2v) is 4.02. The van der Waals surface area contributed by atoms with Gasteiger partial charge in [0.15, 0.2) is 0 Å². The minimum atomic E-state index is -0.535. The molecule has 0 bridgehead atoms. The van der Waals surface area contributed by atoms with E-state index in [0.717, 1.165) is 16.6 Å². The smallest absolute Gasteiger partial charge is 0.297 e. The highest BCUT2D eigenvalue weighted by Crippen LogP contribution is 2.07. The monoisotopic (exact) mass is 250 g/mol. The summed E-state index contributed by atoms with van der Waals surface area (Å²) < 4.78 is 1.05. The van der Waals surface area contributed by atoms with Crippen LogP contribution in [0.4, 0.5) is 0 Å². The maximum atomic E-state index is 11.7. The van der Waals surface area contributed by atoms with Gasteiger partial charge in [-0.15, -0.1) is 0 Å². The van der Waals surface area contributed by atoms with Gasteiger partial charge in [-0.3, -0.25) is 9.78 Å². The van der Waals surface area contributed by atoms with Crippen LogP contribution in [0, 0.1) is 0 Å². The molecule has 0 amide bonds. The lowest BCUT2D eigenvalue weighted by atomic mass is 10.1. The Balaban J connectivity index is 2.60. The Morgan fingerprint density at radius 2 is 1.88 bits per heavy atom. The van der Waals surface area contributed by atoms with Gasteiger partial charge in [0.05, 0.1) is 5.69 Å². The molecule has 0 spiro atoms. The van der Waals surface area contributed by atoms with E-state index in [1.165, 1.54) is 6.07 Å². The number of H-pyrrole nitrogens is 1. The topological polar surface area (TPSA) is 54.9 Å². The van der Waals surface area contributed by atoms with Gasteiger partial charge in [0.25, 0.3) is 5.56 Å². The van der Waals surface area contributed by atoms with Crippen LogP contribution < -0.4 is 11.2 Å². The van der Waals surface area contributed by atoms with Crippen molar-refractivity contribution in [2.24, 2.45) is 0 Å². The maximum Gasteiger partial charge on any atom is 0.334 e. The van der Waals surface area contributed by atoms with E-state index in [1.54, 1.807) is 12.1 Å². The van der Waals surface area contributed by atoms with Crippen LogP contribution in [0.25, 0.3) is 5.69 Å². The van der Waals surface area contributed by atoms with E-state index in [2.05, 4.69) is 4.98 Å². The van der Waals surface area contributed by atoms with Gasteiger partial charge in [-0.2, -0.15) is 0 Å². The number of hydrogen-bond donors (Lipinski definition) is 1. The third kappa shape index (κ3) is 2.31. The van der Waals surface area contributed by atoms with Crippen LogP contribution in [-0.2, 0) is 6.42 Å². The van der Waals surface area contributed by atoms with E-state index in [0.29, 0.717) is 5.69 Å². The molecule has 88 valence electrons. The zero-order chi connectivity index (χ0) is 12.4. The highest BCUT2D eigenvalue weighted by atomic mass is 35.5. The van der Waals surface area contributed by atoms with E-state index >= 15 is 0 Å². The Kier molecular flexibility index (Phi) is 3.15. The van der Waals surface area contributed by atoms with Crippen molar-refractivity contribution in [1.82, 2.24) is 9.55 Å². The van der Waals surface area contributed by atoms with E-state index in [1.807, 2.05) is 19.1 Å². The molecule has 2 aromatic rings. The van der Waals surface area contributed by atoms with Crippen molar-refractivity contribution in [2.45, 2.75) is 13.3 Å². The summed E-state index contributed by atoms with van der Waals surface area (Å²) in [5.74, 6) is 0. The first-order valence-electron chi connectivity index (χ1n) is 5.23. The maximum absolute atomic E-state index is 11.7. The second kappa shape index (κ2) is 4.59. The predicted octanol–water partition coefficient (Wildman–Crippen LogP) is 1.74. The molecule has 5 heteroatoms. The summed E-state index contributed by atoms with van der Waals surface area (Å²) in [6, 6.07) is 8.43. The number of aromatic nitrogens is 2. The molecule has 0 aliphatic rings. The average Bonchev–Trinajstić information content (AvgIpc) is 2.28. The highest BCUT2D eigenvalue weighted by molar-refractivity contribution is 6.29. The van der Waals surface area contributed by atoms with E-state index < -0.39 is 11.2 Å². The number of aromatic amines is 1. The molecule has 2 rings (SSSR count). The summed E-state index contributed by atoms with van der Waals surface area (Å²) in [5.41, 5.74) is 0.701. The Morgan fingerprint density at radius 3 is 2.41 bits per heavy atom. The normalized spacial score (nSPS) is 10.5. The fourth-order valence-corrected chi connectivity index (χ4v) is 1.77. The zero-order valence-corrected chi connectivity index (χ0v) is 9.99. The van der Waals surface area contributed by atoms with E-state index in [9.17, 15) is 9.59 Å².